The molecule has 2 atom stereocenters. The van der Waals surface area contributed by atoms with Gasteiger partial charge < -0.3 is 15.8 Å². The van der Waals surface area contributed by atoms with E-state index in [2.05, 4.69) is 12.1 Å². The van der Waals surface area contributed by atoms with Crippen LogP contribution in [0.2, 0.25) is 0 Å². The maximum atomic E-state index is 12.0. The molecule has 1 aliphatic rings. The number of hydrogen-bond acceptors (Lipinski definition) is 3. The minimum atomic E-state index is 0.0614. The van der Waals surface area contributed by atoms with Crippen LogP contribution in [-0.4, -0.2) is 24.0 Å². The number of amidine groups is 1. The Kier molecular flexibility index (Phi) is 3.23. The highest BCUT2D eigenvalue weighted by Crippen LogP contribution is 2.39. The van der Waals surface area contributed by atoms with E-state index in [9.17, 15) is 4.79 Å². The molecule has 2 unspecified atom stereocenters. The zero-order chi connectivity index (χ0) is 13.3. The van der Waals surface area contributed by atoms with E-state index in [1.165, 1.54) is 0 Å². The second-order valence-electron chi connectivity index (χ2n) is 4.75. The van der Waals surface area contributed by atoms with Crippen LogP contribution in [0.5, 0.6) is 0 Å². The van der Waals surface area contributed by atoms with Crippen molar-refractivity contribution in [3.63, 3.8) is 0 Å². The SMILES string of the molecule is CC1CC1C(=O)N(C)c1ccc(C(N)=NO)cc1. The Morgan fingerprint density at radius 1 is 1.44 bits per heavy atom. The second kappa shape index (κ2) is 4.68. The average Bonchev–Trinajstić information content (AvgIpc) is 3.13. The number of amides is 1. The molecule has 0 heterocycles. The first-order valence-electron chi connectivity index (χ1n) is 5.90. The van der Waals surface area contributed by atoms with Gasteiger partial charge in [0.2, 0.25) is 5.91 Å². The first kappa shape index (κ1) is 12.4. The summed E-state index contributed by atoms with van der Waals surface area (Å²) in [6.07, 6.45) is 0.978. The predicted octanol–water partition coefficient (Wildman–Crippen LogP) is 1.40. The largest absolute Gasteiger partial charge is 0.409 e. The van der Waals surface area contributed by atoms with E-state index in [0.717, 1.165) is 12.1 Å². The van der Waals surface area contributed by atoms with Crippen LogP contribution >= 0.6 is 0 Å². The quantitative estimate of drug-likeness (QED) is 0.367. The summed E-state index contributed by atoms with van der Waals surface area (Å²) in [5, 5.41) is 11.5. The van der Waals surface area contributed by atoms with E-state index < -0.39 is 0 Å². The van der Waals surface area contributed by atoms with E-state index in [-0.39, 0.29) is 17.7 Å². The molecule has 0 spiro atoms. The molecule has 0 aromatic heterocycles. The Morgan fingerprint density at radius 3 is 2.44 bits per heavy atom. The van der Waals surface area contributed by atoms with Crippen molar-refractivity contribution >= 4 is 17.4 Å². The molecule has 18 heavy (non-hydrogen) atoms. The van der Waals surface area contributed by atoms with Crippen molar-refractivity contribution in [1.82, 2.24) is 0 Å². The molecule has 1 aromatic rings. The van der Waals surface area contributed by atoms with E-state index in [4.69, 9.17) is 10.9 Å². The third-order valence-corrected chi connectivity index (χ3v) is 3.42. The highest BCUT2D eigenvalue weighted by atomic mass is 16.4. The summed E-state index contributed by atoms with van der Waals surface area (Å²) in [7, 11) is 1.77. The zero-order valence-corrected chi connectivity index (χ0v) is 10.5. The minimum Gasteiger partial charge on any atom is -0.409 e. The van der Waals surface area contributed by atoms with Crippen LogP contribution in [0.3, 0.4) is 0 Å². The van der Waals surface area contributed by atoms with Crippen LogP contribution in [0.15, 0.2) is 29.4 Å². The number of carbonyl (C=O) groups excluding carboxylic acids is 1. The lowest BCUT2D eigenvalue weighted by Crippen LogP contribution is -2.28. The van der Waals surface area contributed by atoms with Crippen LogP contribution in [0.25, 0.3) is 0 Å². The van der Waals surface area contributed by atoms with Gasteiger partial charge in [-0.3, -0.25) is 4.79 Å². The normalized spacial score (nSPS) is 22.7. The van der Waals surface area contributed by atoms with E-state index in [1.807, 2.05) is 0 Å². The molecule has 1 aliphatic carbocycles. The molecule has 1 amide bonds. The molecule has 0 radical (unpaired) electrons. The monoisotopic (exact) mass is 247 g/mol. The molecule has 5 heteroatoms. The van der Waals surface area contributed by atoms with Gasteiger partial charge >= 0.3 is 0 Å². The number of nitrogens with two attached hydrogens (primary N) is 1. The van der Waals surface area contributed by atoms with Crippen LogP contribution in [0.4, 0.5) is 5.69 Å². The molecule has 0 bridgehead atoms. The molecule has 2 rings (SSSR count). The van der Waals surface area contributed by atoms with Crippen molar-refractivity contribution in [2.24, 2.45) is 22.7 Å². The standard InChI is InChI=1S/C13H17N3O2/c1-8-7-11(8)13(17)16(2)10-5-3-9(4-6-10)12(14)15-18/h3-6,8,11,18H,7H2,1-2H3,(H2,14,15). The van der Waals surface area contributed by atoms with Crippen LogP contribution in [0, 0.1) is 11.8 Å². The van der Waals surface area contributed by atoms with Crippen molar-refractivity contribution in [1.29, 1.82) is 0 Å². The van der Waals surface area contributed by atoms with Crippen LogP contribution in [0.1, 0.15) is 18.9 Å². The summed E-state index contributed by atoms with van der Waals surface area (Å²) in [6.45, 7) is 2.08. The predicted molar refractivity (Wildman–Crippen MR) is 69.6 cm³/mol. The van der Waals surface area contributed by atoms with Gasteiger partial charge in [0.25, 0.3) is 0 Å². The summed E-state index contributed by atoms with van der Waals surface area (Å²) >= 11 is 0. The van der Waals surface area contributed by atoms with Crippen molar-refractivity contribution < 1.29 is 10.0 Å². The second-order valence-corrected chi connectivity index (χ2v) is 4.75. The van der Waals surface area contributed by atoms with Crippen LogP contribution < -0.4 is 10.6 Å². The third kappa shape index (κ3) is 2.30. The van der Waals surface area contributed by atoms with Gasteiger partial charge in [0.15, 0.2) is 5.84 Å². The number of benzene rings is 1. The fourth-order valence-electron chi connectivity index (χ4n) is 1.96. The molecular weight excluding hydrogens is 230 g/mol. The number of anilines is 1. The average molecular weight is 247 g/mol. The first-order valence-corrected chi connectivity index (χ1v) is 5.90. The summed E-state index contributed by atoms with van der Waals surface area (Å²) in [6, 6.07) is 7.03. The Bertz CT molecular complexity index is 482. The number of nitrogens with zero attached hydrogens (tertiary/aromatic N) is 2. The fraction of sp³-hybridized carbons (Fsp3) is 0.385. The lowest BCUT2D eigenvalue weighted by atomic mass is 10.1. The van der Waals surface area contributed by atoms with Crippen LogP contribution in [-0.2, 0) is 4.79 Å². The topological polar surface area (TPSA) is 78.9 Å². The summed E-state index contributed by atoms with van der Waals surface area (Å²) in [4.78, 5) is 13.7. The molecule has 1 saturated carbocycles. The van der Waals surface area contributed by atoms with Gasteiger partial charge in [-0.05, 0) is 36.6 Å². The summed E-state index contributed by atoms with van der Waals surface area (Å²) in [5.41, 5.74) is 6.92. The number of oxime groups is 1. The lowest BCUT2D eigenvalue weighted by molar-refractivity contribution is -0.119. The van der Waals surface area contributed by atoms with Gasteiger partial charge in [-0.25, -0.2) is 0 Å². The zero-order valence-electron chi connectivity index (χ0n) is 10.5. The molecule has 1 aromatic carbocycles. The molecule has 0 aliphatic heterocycles. The molecule has 1 fully saturated rings. The van der Waals surface area contributed by atoms with Crippen molar-refractivity contribution in [3.05, 3.63) is 29.8 Å². The Morgan fingerprint density at radius 2 is 2.00 bits per heavy atom. The van der Waals surface area contributed by atoms with Crippen molar-refractivity contribution in [2.45, 2.75) is 13.3 Å². The first-order chi connectivity index (χ1) is 8.54. The highest BCUT2D eigenvalue weighted by molar-refractivity contribution is 5.99. The maximum absolute atomic E-state index is 12.0. The molecule has 5 nitrogen and oxygen atoms in total. The summed E-state index contributed by atoms with van der Waals surface area (Å²) < 4.78 is 0. The number of hydrogen-bond donors (Lipinski definition) is 2. The van der Waals surface area contributed by atoms with Gasteiger partial charge in [0.1, 0.15) is 0 Å². The number of carbonyl (C=O) groups is 1. The van der Waals surface area contributed by atoms with Crippen molar-refractivity contribution in [2.75, 3.05) is 11.9 Å². The molecule has 0 saturated heterocycles. The molecule has 96 valence electrons. The highest BCUT2D eigenvalue weighted by Gasteiger charge is 2.40. The van der Waals surface area contributed by atoms with Crippen molar-refractivity contribution in [3.8, 4) is 0 Å². The third-order valence-electron chi connectivity index (χ3n) is 3.42. The number of rotatable bonds is 3. The maximum Gasteiger partial charge on any atom is 0.230 e. The van der Waals surface area contributed by atoms with Gasteiger partial charge in [-0.15, -0.1) is 0 Å². The Labute approximate surface area is 106 Å². The van der Waals surface area contributed by atoms with E-state index in [1.54, 1.807) is 36.2 Å². The summed E-state index contributed by atoms with van der Waals surface area (Å²) in [5.74, 6) is 0.875. The van der Waals surface area contributed by atoms with E-state index in [0.29, 0.717) is 11.5 Å². The minimum absolute atomic E-state index is 0.0614. The van der Waals surface area contributed by atoms with Gasteiger partial charge in [0.05, 0.1) is 0 Å². The molecular formula is C13H17N3O2. The van der Waals surface area contributed by atoms with Gasteiger partial charge in [-0.1, -0.05) is 12.1 Å². The van der Waals surface area contributed by atoms with E-state index >= 15 is 0 Å². The van der Waals surface area contributed by atoms with Gasteiger partial charge in [-0.2, -0.15) is 0 Å². The van der Waals surface area contributed by atoms with Gasteiger partial charge in [0, 0.05) is 24.2 Å². The smallest absolute Gasteiger partial charge is 0.230 e. The Hall–Kier alpha value is -2.04. The molecule has 3 N–H and O–H groups in total. The fourth-order valence-corrected chi connectivity index (χ4v) is 1.96. The Balaban J connectivity index is 2.12. The lowest BCUT2D eigenvalue weighted by Gasteiger charge is -2.17.